The number of imidazole rings is 1. The molecule has 136 valence electrons. The van der Waals surface area contributed by atoms with E-state index in [2.05, 4.69) is 35.9 Å². The van der Waals surface area contributed by atoms with Crippen LogP contribution in [0.3, 0.4) is 0 Å². The number of fused-ring (bicyclic) bond motifs is 1. The summed E-state index contributed by atoms with van der Waals surface area (Å²) in [6.45, 7) is 0. The molecule has 25 heavy (non-hydrogen) atoms. The lowest BCUT2D eigenvalue weighted by Gasteiger charge is -2.07. The second-order valence-electron chi connectivity index (χ2n) is 4.16. The predicted molar refractivity (Wildman–Crippen MR) is 101 cm³/mol. The van der Waals surface area contributed by atoms with Crippen molar-refractivity contribution in [2.75, 3.05) is 25.3 Å². The van der Waals surface area contributed by atoms with E-state index < -0.39 is 0 Å². The largest absolute Gasteiger partial charge is 0.381 e. The number of nitrogens with zero attached hydrogens (tertiary/aromatic N) is 5. The van der Waals surface area contributed by atoms with Crippen LogP contribution in [-0.4, -0.2) is 50.2 Å². The average molecular weight is 452 g/mol. The van der Waals surface area contributed by atoms with Crippen LogP contribution in [0.5, 0.6) is 0 Å². The molecule has 0 amide bonds. The third-order valence-corrected chi connectivity index (χ3v) is 3.69. The van der Waals surface area contributed by atoms with Gasteiger partial charge in [-0.05, 0) is 0 Å². The van der Waals surface area contributed by atoms with Gasteiger partial charge >= 0.3 is 0 Å². The third kappa shape index (κ3) is 7.49. The monoisotopic (exact) mass is 450 g/mol. The number of halogens is 3. The summed E-state index contributed by atoms with van der Waals surface area (Å²) in [5.41, 5.74) is 5.91. The Morgan fingerprint density at radius 3 is 1.96 bits per heavy atom. The van der Waals surface area contributed by atoms with Gasteiger partial charge in [-0.2, -0.15) is 0 Å². The predicted octanol–water partition coefficient (Wildman–Crippen LogP) is 3.10. The quantitative estimate of drug-likeness (QED) is 0.482. The van der Waals surface area contributed by atoms with E-state index in [1.54, 1.807) is 32.8 Å². The first-order valence-corrected chi connectivity index (χ1v) is 8.67. The summed E-state index contributed by atoms with van der Waals surface area (Å²) in [5, 5.41) is 1.42. The van der Waals surface area contributed by atoms with Crippen molar-refractivity contribution in [3.63, 3.8) is 0 Å². The topological polar surface area (TPSA) is 100 Å². The summed E-state index contributed by atoms with van der Waals surface area (Å²) < 4.78 is 11.4. The molecule has 0 aliphatic heterocycles. The molecule has 0 unspecified atom stereocenters. The van der Waals surface area contributed by atoms with E-state index in [1.165, 1.54) is 12.4 Å². The molecule has 3 aromatic heterocycles. The lowest BCUT2D eigenvalue weighted by atomic mass is 10.7. The van der Waals surface area contributed by atoms with Crippen LogP contribution in [0.1, 0.15) is 0 Å². The molecule has 8 nitrogen and oxygen atoms in total. The molecule has 3 rings (SSSR count). The minimum Gasteiger partial charge on any atom is -0.381 e. The first-order chi connectivity index (χ1) is 12.0. The fourth-order valence-corrected chi connectivity index (χ4v) is 2.21. The van der Waals surface area contributed by atoms with E-state index in [1.807, 2.05) is 10.6 Å². The molecule has 0 saturated carbocycles. The molecule has 0 aliphatic carbocycles. The number of alkyl halides is 1. The zero-order valence-electron chi connectivity index (χ0n) is 13.5. The zero-order valence-corrected chi connectivity index (χ0v) is 16.6. The SMILES string of the molecule is COC(CBr)OC.Clc1nccn2ccnc12.Nc1nccnc1Cl. The van der Waals surface area contributed by atoms with E-state index in [0.717, 1.165) is 5.33 Å². The minimum absolute atomic E-state index is 0.0972. The second kappa shape index (κ2) is 11.9. The van der Waals surface area contributed by atoms with Crippen LogP contribution in [-0.2, 0) is 9.47 Å². The van der Waals surface area contributed by atoms with Gasteiger partial charge in [0.25, 0.3) is 0 Å². The Balaban J connectivity index is 0.000000192. The van der Waals surface area contributed by atoms with Crippen LogP contribution in [0.2, 0.25) is 10.3 Å². The van der Waals surface area contributed by atoms with Gasteiger partial charge in [-0.15, -0.1) is 0 Å². The van der Waals surface area contributed by atoms with Crippen LogP contribution in [0.15, 0.2) is 37.2 Å². The summed E-state index contributed by atoms with van der Waals surface area (Å²) in [6.07, 6.45) is 9.82. The van der Waals surface area contributed by atoms with Gasteiger partial charge in [-0.3, -0.25) is 0 Å². The fourth-order valence-electron chi connectivity index (χ4n) is 1.38. The number of aromatic nitrogens is 5. The average Bonchev–Trinajstić information content (AvgIpc) is 3.11. The minimum atomic E-state index is -0.0972. The second-order valence-corrected chi connectivity index (χ2v) is 5.53. The summed E-state index contributed by atoms with van der Waals surface area (Å²) >= 11 is 14.3. The van der Waals surface area contributed by atoms with Gasteiger partial charge in [0.2, 0.25) is 0 Å². The fraction of sp³-hybridized carbons (Fsp3) is 0.286. The molecule has 0 radical (unpaired) electrons. The highest BCUT2D eigenvalue weighted by Crippen LogP contribution is 2.09. The van der Waals surface area contributed by atoms with Crippen LogP contribution < -0.4 is 5.73 Å². The van der Waals surface area contributed by atoms with E-state index in [4.69, 9.17) is 38.4 Å². The molecule has 0 aromatic carbocycles. The summed E-state index contributed by atoms with van der Waals surface area (Å²) in [6, 6.07) is 0. The Kier molecular flexibility index (Phi) is 10.3. The van der Waals surface area contributed by atoms with Crippen LogP contribution in [0.4, 0.5) is 5.82 Å². The van der Waals surface area contributed by atoms with Crippen molar-refractivity contribution in [1.29, 1.82) is 0 Å². The smallest absolute Gasteiger partial charge is 0.174 e. The highest BCUT2D eigenvalue weighted by molar-refractivity contribution is 9.09. The molecule has 0 atom stereocenters. The molecule has 11 heteroatoms. The number of ether oxygens (including phenoxy) is 2. The Bertz CT molecular complexity index is 730. The van der Waals surface area contributed by atoms with Crippen molar-refractivity contribution in [3.8, 4) is 0 Å². The highest BCUT2D eigenvalue weighted by atomic mass is 79.9. The van der Waals surface area contributed by atoms with Crippen LogP contribution >= 0.6 is 39.1 Å². The van der Waals surface area contributed by atoms with Crippen LogP contribution in [0.25, 0.3) is 5.65 Å². The number of nitrogen functional groups attached to an aromatic ring is 1. The molecule has 0 spiro atoms. The Morgan fingerprint density at radius 2 is 1.56 bits per heavy atom. The number of hydrogen-bond donors (Lipinski definition) is 1. The number of nitrogens with two attached hydrogens (primary N) is 1. The van der Waals surface area contributed by atoms with Gasteiger partial charge in [-0.25, -0.2) is 19.9 Å². The van der Waals surface area contributed by atoms with Gasteiger partial charge in [-0.1, -0.05) is 39.1 Å². The number of methoxy groups -OCH3 is 2. The summed E-state index contributed by atoms with van der Waals surface area (Å²) in [5.74, 6) is 0.272. The maximum Gasteiger partial charge on any atom is 0.174 e. The lowest BCUT2D eigenvalue weighted by molar-refractivity contribution is -0.0834. The van der Waals surface area contributed by atoms with Gasteiger partial charge in [0.1, 0.15) is 0 Å². The standard InChI is InChI=1S/C6H4ClN3.C4H9BrO2.C4H4ClN3/c7-5-6-9-2-4-10(6)3-1-8-5;1-6-4(3-5)7-2;5-3-4(6)8-2-1-7-3/h1-4H;4H,3H2,1-2H3;1-2H,(H2,6,8). The molecule has 0 aliphatic rings. The Hall–Kier alpha value is -1.52. The molecular weight excluding hydrogens is 435 g/mol. The van der Waals surface area contributed by atoms with Crippen molar-refractivity contribution < 1.29 is 9.47 Å². The molecular formula is C14H17BrCl2N6O2. The van der Waals surface area contributed by atoms with E-state index in [9.17, 15) is 0 Å². The maximum atomic E-state index is 5.70. The lowest BCUT2D eigenvalue weighted by Crippen LogP contribution is -2.13. The first-order valence-electron chi connectivity index (χ1n) is 6.80. The zero-order chi connectivity index (χ0) is 18.7. The van der Waals surface area contributed by atoms with Gasteiger partial charge in [0.15, 0.2) is 28.1 Å². The first kappa shape index (κ1) is 21.5. The Labute approximate surface area is 163 Å². The molecule has 2 N–H and O–H groups in total. The van der Waals surface area contributed by atoms with Crippen molar-refractivity contribution >= 4 is 50.6 Å². The number of hydrogen-bond acceptors (Lipinski definition) is 7. The Morgan fingerprint density at radius 1 is 1.00 bits per heavy atom. The van der Waals surface area contributed by atoms with Crippen LogP contribution in [0, 0.1) is 0 Å². The van der Waals surface area contributed by atoms with Gasteiger partial charge < -0.3 is 19.6 Å². The van der Waals surface area contributed by atoms with Crippen molar-refractivity contribution in [1.82, 2.24) is 24.3 Å². The number of anilines is 1. The highest BCUT2D eigenvalue weighted by Gasteiger charge is 1.98. The molecule has 0 bridgehead atoms. The van der Waals surface area contributed by atoms with E-state index in [0.29, 0.717) is 10.8 Å². The van der Waals surface area contributed by atoms with E-state index in [-0.39, 0.29) is 17.3 Å². The maximum absolute atomic E-state index is 5.70. The molecule has 0 fully saturated rings. The summed E-state index contributed by atoms with van der Waals surface area (Å²) in [7, 11) is 3.21. The van der Waals surface area contributed by atoms with Crippen molar-refractivity contribution in [3.05, 3.63) is 47.5 Å². The molecule has 3 heterocycles. The van der Waals surface area contributed by atoms with Crippen molar-refractivity contribution in [2.24, 2.45) is 0 Å². The van der Waals surface area contributed by atoms with Gasteiger partial charge in [0.05, 0.1) is 5.33 Å². The number of rotatable bonds is 3. The molecule has 3 aromatic rings. The van der Waals surface area contributed by atoms with Crippen molar-refractivity contribution in [2.45, 2.75) is 6.29 Å². The molecule has 0 saturated heterocycles. The summed E-state index contributed by atoms with van der Waals surface area (Å²) in [4.78, 5) is 15.2. The normalized spacial score (nSPS) is 10.0. The van der Waals surface area contributed by atoms with Gasteiger partial charge in [0, 0.05) is 51.4 Å². The van der Waals surface area contributed by atoms with E-state index >= 15 is 0 Å². The third-order valence-electron chi connectivity index (χ3n) is 2.60.